The number of carbonyl (C=O) groups excluding carboxylic acids is 2. The fourth-order valence-corrected chi connectivity index (χ4v) is 12.0. The third-order valence-electron chi connectivity index (χ3n) is 15.0. The Bertz CT molecular complexity index is 2820. The number of fused-ring (bicyclic) bond motifs is 10. The molecule has 0 saturated carbocycles. The highest BCUT2D eigenvalue weighted by molar-refractivity contribution is 6.03. The van der Waals surface area contributed by atoms with Crippen LogP contribution in [-0.2, 0) is 19.1 Å². The Labute approximate surface area is 376 Å². The van der Waals surface area contributed by atoms with Gasteiger partial charge in [-0.2, -0.15) is 9.97 Å². The van der Waals surface area contributed by atoms with Crippen molar-refractivity contribution in [3.63, 3.8) is 0 Å². The summed E-state index contributed by atoms with van der Waals surface area (Å²) in [7, 11) is 0. The fourth-order valence-electron chi connectivity index (χ4n) is 12.0. The van der Waals surface area contributed by atoms with E-state index >= 15 is 8.78 Å². The van der Waals surface area contributed by atoms with Gasteiger partial charge in [0.2, 0.25) is 5.91 Å². The maximum absolute atomic E-state index is 17.5. The van der Waals surface area contributed by atoms with Crippen LogP contribution in [0.1, 0.15) is 119 Å². The number of phenols is 1. The molecule has 65 heavy (non-hydrogen) atoms. The molecule has 336 valence electrons. The number of aromatic nitrogens is 3. The van der Waals surface area contributed by atoms with Crippen molar-refractivity contribution in [3.8, 4) is 35.4 Å². The highest BCUT2D eigenvalue weighted by Crippen LogP contribution is 2.54. The van der Waals surface area contributed by atoms with E-state index in [4.69, 9.17) is 30.6 Å². The van der Waals surface area contributed by atoms with Gasteiger partial charge >= 0.3 is 12.0 Å². The van der Waals surface area contributed by atoms with Crippen LogP contribution >= 0.6 is 0 Å². The molecule has 8 heterocycles. The van der Waals surface area contributed by atoms with Crippen LogP contribution in [0.3, 0.4) is 0 Å². The van der Waals surface area contributed by atoms with E-state index in [1.165, 1.54) is 47.2 Å². The molecule has 4 bridgehead atoms. The van der Waals surface area contributed by atoms with Gasteiger partial charge in [0, 0.05) is 48.4 Å². The molecule has 7 unspecified atom stereocenters. The summed E-state index contributed by atoms with van der Waals surface area (Å²) in [5.74, 6) is 0.506. The first-order valence-corrected chi connectivity index (χ1v) is 23.1. The third kappa shape index (κ3) is 6.96. The van der Waals surface area contributed by atoms with Crippen molar-refractivity contribution in [3.05, 3.63) is 82.5 Å². The minimum Gasteiger partial charge on any atom is -0.508 e. The minimum absolute atomic E-state index is 0.0155. The molecule has 12 nitrogen and oxygen atoms in total. The topological polar surface area (TPSA) is 130 Å². The van der Waals surface area contributed by atoms with Crippen molar-refractivity contribution in [1.82, 2.24) is 24.8 Å². The number of pyridine rings is 1. The summed E-state index contributed by atoms with van der Waals surface area (Å²) in [5, 5.41) is 11.8. The zero-order valence-electron chi connectivity index (χ0n) is 36.9. The van der Waals surface area contributed by atoms with Gasteiger partial charge in [0.05, 0.1) is 41.0 Å². The summed E-state index contributed by atoms with van der Waals surface area (Å²) in [6, 6.07) is 12.3. The van der Waals surface area contributed by atoms with Crippen LogP contribution < -0.4 is 9.64 Å². The molecule has 5 saturated heterocycles. The Hall–Kier alpha value is -5.91. The number of hydrogen-bond donors (Lipinski definition) is 1. The van der Waals surface area contributed by atoms with Gasteiger partial charge in [-0.3, -0.25) is 19.5 Å². The number of hydrogen-bond acceptors (Lipinski definition) is 11. The zero-order chi connectivity index (χ0) is 44.9. The molecule has 1 amide bonds. The lowest BCUT2D eigenvalue weighted by molar-refractivity contribution is -0.154. The number of phenolic OH excluding ortho intramolecular Hbond substituents is 1. The first kappa shape index (κ1) is 41.8. The monoisotopic (exact) mass is 882 g/mol. The fraction of sp³-hybridized carbons (Fsp3) is 0.471. The Morgan fingerprint density at radius 3 is 2.54 bits per heavy atom. The SMILES string of the molecule is C#Cc1c(F)ccc2cc(O)cc(-c3ncc4c(N5CC6CCC(C5)N6C(=O)CC(C)OC(=O)C(C)C)nc(OCC56CCCN5C(c5ccc7c(c5)C5CCC7O5)CC6)nc4c3F)c12. The van der Waals surface area contributed by atoms with E-state index in [0.29, 0.717) is 36.3 Å². The Balaban J connectivity index is 0.937. The van der Waals surface area contributed by atoms with E-state index in [-0.39, 0.29) is 99.6 Å². The van der Waals surface area contributed by atoms with Crippen molar-refractivity contribution < 1.29 is 37.7 Å². The molecule has 0 spiro atoms. The quantitative estimate of drug-likeness (QED) is 0.107. The number of terminal acetylenes is 1. The molecule has 5 fully saturated rings. The van der Waals surface area contributed by atoms with Crippen LogP contribution in [0.2, 0.25) is 0 Å². The van der Waals surface area contributed by atoms with E-state index in [1.807, 2.05) is 4.90 Å². The number of halogens is 2. The van der Waals surface area contributed by atoms with Crippen molar-refractivity contribution in [2.75, 3.05) is 31.1 Å². The smallest absolute Gasteiger partial charge is 0.319 e. The molecular weight excluding hydrogens is 831 g/mol. The molecule has 5 aromatic rings. The largest absolute Gasteiger partial charge is 0.508 e. The van der Waals surface area contributed by atoms with Crippen molar-refractivity contribution in [2.45, 2.75) is 121 Å². The molecule has 6 aliphatic rings. The van der Waals surface area contributed by atoms with Gasteiger partial charge < -0.3 is 29.1 Å². The second kappa shape index (κ2) is 15.9. The molecule has 11 rings (SSSR count). The van der Waals surface area contributed by atoms with E-state index in [1.54, 1.807) is 20.8 Å². The average molecular weight is 883 g/mol. The van der Waals surface area contributed by atoms with Crippen LogP contribution in [0.4, 0.5) is 14.6 Å². The molecule has 3 aromatic carbocycles. The van der Waals surface area contributed by atoms with Gasteiger partial charge in [0.15, 0.2) is 5.82 Å². The Morgan fingerprint density at radius 1 is 0.985 bits per heavy atom. The van der Waals surface area contributed by atoms with Crippen LogP contribution in [0.15, 0.2) is 48.7 Å². The number of amides is 1. The molecule has 0 aliphatic carbocycles. The highest BCUT2D eigenvalue weighted by atomic mass is 19.1. The average Bonchev–Trinajstić information content (AvgIpc) is 4.12. The lowest BCUT2D eigenvalue weighted by Crippen LogP contribution is -2.56. The molecule has 0 radical (unpaired) electrons. The van der Waals surface area contributed by atoms with Gasteiger partial charge in [0.25, 0.3) is 0 Å². The predicted molar refractivity (Wildman–Crippen MR) is 239 cm³/mol. The number of rotatable bonds is 10. The normalized spacial score (nSPS) is 26.0. The van der Waals surface area contributed by atoms with E-state index in [9.17, 15) is 14.7 Å². The molecular formula is C51H52F2N6O6. The number of benzene rings is 3. The van der Waals surface area contributed by atoms with Crippen LogP contribution in [0.25, 0.3) is 32.9 Å². The van der Waals surface area contributed by atoms with Crippen LogP contribution in [0, 0.1) is 29.9 Å². The number of piperazine rings is 1. The number of esters is 1. The first-order valence-electron chi connectivity index (χ1n) is 23.1. The van der Waals surface area contributed by atoms with Crippen molar-refractivity contribution in [2.24, 2.45) is 5.92 Å². The third-order valence-corrected chi connectivity index (χ3v) is 15.0. The second-order valence-corrected chi connectivity index (χ2v) is 19.3. The summed E-state index contributed by atoms with van der Waals surface area (Å²) in [6.07, 6.45) is 14.8. The van der Waals surface area contributed by atoms with Gasteiger partial charge in [-0.25, -0.2) is 8.78 Å². The lowest BCUT2D eigenvalue weighted by Gasteiger charge is -2.42. The van der Waals surface area contributed by atoms with Gasteiger partial charge in [0.1, 0.15) is 41.3 Å². The summed E-state index contributed by atoms with van der Waals surface area (Å²) in [6.45, 7) is 7.35. The summed E-state index contributed by atoms with van der Waals surface area (Å²) in [4.78, 5) is 47.0. The number of carbonyl (C=O) groups is 2. The highest BCUT2D eigenvalue weighted by Gasteiger charge is 2.51. The zero-order valence-corrected chi connectivity index (χ0v) is 36.9. The number of ether oxygens (including phenoxy) is 3. The van der Waals surface area contributed by atoms with E-state index in [2.05, 4.69) is 38.9 Å². The summed E-state index contributed by atoms with van der Waals surface area (Å²) < 4.78 is 51.1. The number of anilines is 1. The molecule has 2 aromatic heterocycles. The molecule has 6 aliphatic heterocycles. The van der Waals surface area contributed by atoms with Gasteiger partial charge in [-0.15, -0.1) is 6.42 Å². The molecule has 1 N–H and O–H groups in total. The Morgan fingerprint density at radius 2 is 1.77 bits per heavy atom. The van der Waals surface area contributed by atoms with Gasteiger partial charge in [-0.1, -0.05) is 44.0 Å². The van der Waals surface area contributed by atoms with Gasteiger partial charge in [-0.05, 0) is 105 Å². The molecule has 7 atom stereocenters. The lowest BCUT2D eigenvalue weighted by atomic mass is 9.88. The second-order valence-electron chi connectivity index (χ2n) is 19.3. The minimum atomic E-state index is -0.798. The maximum atomic E-state index is 17.5. The van der Waals surface area contributed by atoms with Crippen molar-refractivity contribution in [1.29, 1.82) is 0 Å². The number of nitrogens with zero attached hydrogens (tertiary/aromatic N) is 6. The summed E-state index contributed by atoms with van der Waals surface area (Å²) in [5.41, 5.74) is 3.55. The van der Waals surface area contributed by atoms with Crippen LogP contribution in [-0.4, -0.2) is 91.7 Å². The number of aromatic hydroxyl groups is 1. The van der Waals surface area contributed by atoms with E-state index in [0.717, 1.165) is 57.9 Å². The molecule has 14 heteroatoms. The predicted octanol–water partition coefficient (Wildman–Crippen LogP) is 8.62. The first-order chi connectivity index (χ1) is 31.4. The maximum Gasteiger partial charge on any atom is 0.319 e. The van der Waals surface area contributed by atoms with Crippen LogP contribution in [0.5, 0.6) is 11.8 Å². The Kier molecular flexibility index (Phi) is 10.2. The van der Waals surface area contributed by atoms with E-state index < -0.39 is 17.7 Å². The standard InChI is InChI=1S/C51H52F2N6O6/c1-5-34-39(52)12-8-30-20-33(60)22-37(44(30)34)46-45(53)47-38(23-54-46)48(57-24-31-9-10-32(25-57)59(31)43(61)19-28(4)64-49(62)27(2)3)56-50(55-47)63-26-51-16-6-18-58(51)40(15-17-51)29-7-11-35-36(21-29)42-14-13-41(35)65-42/h1,7-8,11-12,20-23,27-28,31-32,40-42,60H,6,9-10,13-19,24-26H2,2-4H3. The summed E-state index contributed by atoms with van der Waals surface area (Å²) >= 11 is 0. The van der Waals surface area contributed by atoms with Crippen molar-refractivity contribution >= 4 is 39.4 Å².